The Morgan fingerprint density at radius 2 is 2.22 bits per heavy atom. The van der Waals surface area contributed by atoms with E-state index in [1.807, 2.05) is 6.92 Å². The lowest BCUT2D eigenvalue weighted by atomic mass is 10.0. The first-order valence-electron chi connectivity index (χ1n) is 6.62. The molecule has 1 spiro atoms. The minimum atomic E-state index is -0.0216. The summed E-state index contributed by atoms with van der Waals surface area (Å²) in [5.74, 6) is 0.522. The van der Waals surface area contributed by atoms with Crippen molar-refractivity contribution in [1.82, 2.24) is 0 Å². The normalized spacial score (nSPS) is 31.0. The molecular formula is C15H18ClNO. The summed E-state index contributed by atoms with van der Waals surface area (Å²) in [7, 11) is 0. The Bertz CT molecular complexity index is 457. The first-order valence-corrected chi connectivity index (χ1v) is 7.06. The van der Waals surface area contributed by atoms with Gasteiger partial charge in [-0.3, -0.25) is 0 Å². The topological polar surface area (TPSA) is 21.6 Å². The second-order valence-electron chi connectivity index (χ2n) is 5.48. The van der Waals surface area contributed by atoms with Crippen molar-refractivity contribution in [2.45, 2.75) is 49.5 Å². The first-order chi connectivity index (χ1) is 8.70. The molecule has 0 aromatic heterocycles. The molecule has 0 N–H and O–H groups in total. The molecular weight excluding hydrogens is 246 g/mol. The molecule has 3 atom stereocenters. The van der Waals surface area contributed by atoms with Crippen LogP contribution in [0.3, 0.4) is 0 Å². The molecule has 0 radical (unpaired) electrons. The average Bonchev–Trinajstić information content (AvgIpc) is 2.91. The summed E-state index contributed by atoms with van der Waals surface area (Å²) in [6, 6.07) is 10.6. The molecule has 2 unspecified atom stereocenters. The van der Waals surface area contributed by atoms with Crippen molar-refractivity contribution in [3.8, 4) is 0 Å². The average molecular weight is 264 g/mol. The quantitative estimate of drug-likeness (QED) is 0.750. The van der Waals surface area contributed by atoms with E-state index in [0.717, 1.165) is 25.7 Å². The highest BCUT2D eigenvalue weighted by atomic mass is 35.5. The number of hydrogen-bond acceptors (Lipinski definition) is 2. The Hall–Kier alpha value is -1.02. The lowest BCUT2D eigenvalue weighted by Gasteiger charge is -2.07. The van der Waals surface area contributed by atoms with Gasteiger partial charge in [0.25, 0.3) is 0 Å². The van der Waals surface area contributed by atoms with E-state index in [1.165, 1.54) is 11.3 Å². The lowest BCUT2D eigenvalue weighted by Crippen LogP contribution is -2.12. The third-order valence-corrected chi connectivity index (χ3v) is 4.14. The first kappa shape index (κ1) is 12.0. The summed E-state index contributed by atoms with van der Waals surface area (Å²) in [5, 5.41) is 4.47. The molecule has 3 heteroatoms. The van der Waals surface area contributed by atoms with E-state index in [-0.39, 0.29) is 11.0 Å². The number of hydrogen-bond donors (Lipinski definition) is 0. The van der Waals surface area contributed by atoms with Crippen molar-refractivity contribution in [1.29, 1.82) is 0 Å². The molecule has 18 heavy (non-hydrogen) atoms. The predicted molar refractivity (Wildman–Crippen MR) is 74.2 cm³/mol. The van der Waals surface area contributed by atoms with Gasteiger partial charge in [0.05, 0.1) is 5.71 Å². The Balaban J connectivity index is 1.59. The summed E-state index contributed by atoms with van der Waals surface area (Å²) in [5.41, 5.74) is 2.53. The molecule has 2 nitrogen and oxygen atoms in total. The summed E-state index contributed by atoms with van der Waals surface area (Å²) in [6.07, 6.45) is 4.03. The van der Waals surface area contributed by atoms with Crippen molar-refractivity contribution in [2.75, 3.05) is 0 Å². The maximum Gasteiger partial charge on any atom is 0.150 e. The van der Waals surface area contributed by atoms with Gasteiger partial charge >= 0.3 is 0 Å². The highest BCUT2D eigenvalue weighted by Gasteiger charge is 2.60. The third kappa shape index (κ3) is 2.26. The molecule has 1 aromatic rings. The summed E-state index contributed by atoms with van der Waals surface area (Å²) in [4.78, 5) is 5.71. The van der Waals surface area contributed by atoms with Gasteiger partial charge in [-0.1, -0.05) is 35.5 Å². The van der Waals surface area contributed by atoms with E-state index in [2.05, 4.69) is 35.5 Å². The summed E-state index contributed by atoms with van der Waals surface area (Å²) in [6.45, 7) is 2.03. The molecule has 0 amide bonds. The number of rotatable bonds is 4. The van der Waals surface area contributed by atoms with Gasteiger partial charge in [-0.25, -0.2) is 0 Å². The number of nitrogens with zero attached hydrogens (tertiary/aromatic N) is 1. The van der Waals surface area contributed by atoms with Crippen LogP contribution in [0.25, 0.3) is 0 Å². The summed E-state index contributed by atoms with van der Waals surface area (Å²) >= 11 is 5.97. The fourth-order valence-electron chi connectivity index (χ4n) is 2.75. The molecule has 1 fully saturated rings. The minimum absolute atomic E-state index is 0.0216. The largest absolute Gasteiger partial charge is 0.388 e. The fraction of sp³-hybridized carbons (Fsp3) is 0.533. The second-order valence-corrected chi connectivity index (χ2v) is 6.22. The predicted octanol–water partition coefficient (Wildman–Crippen LogP) is 4.10. The molecule has 1 heterocycles. The van der Waals surface area contributed by atoms with Gasteiger partial charge in [0.1, 0.15) is 0 Å². The fourth-order valence-corrected chi connectivity index (χ4v) is 2.86. The van der Waals surface area contributed by atoms with Crippen molar-refractivity contribution in [3.05, 3.63) is 35.9 Å². The van der Waals surface area contributed by atoms with Gasteiger partial charge < -0.3 is 4.84 Å². The van der Waals surface area contributed by atoms with Crippen LogP contribution in [0.2, 0.25) is 0 Å². The lowest BCUT2D eigenvalue weighted by molar-refractivity contribution is 0.0598. The van der Waals surface area contributed by atoms with Crippen molar-refractivity contribution in [2.24, 2.45) is 5.16 Å². The van der Waals surface area contributed by atoms with Crippen LogP contribution in [0.4, 0.5) is 0 Å². The molecule has 2 aliphatic rings. The van der Waals surface area contributed by atoms with Gasteiger partial charge in [-0.15, -0.1) is 11.6 Å². The molecule has 96 valence electrons. The highest BCUT2D eigenvalue weighted by Crippen LogP contribution is 2.58. The zero-order valence-corrected chi connectivity index (χ0v) is 11.4. The number of alkyl halides is 1. The Morgan fingerprint density at radius 1 is 1.44 bits per heavy atom. The van der Waals surface area contributed by atoms with Gasteiger partial charge in [-0.2, -0.15) is 0 Å². The van der Waals surface area contributed by atoms with Crippen LogP contribution in [-0.4, -0.2) is 16.7 Å². The maximum absolute atomic E-state index is 5.97. The molecule has 0 bridgehead atoms. The molecule has 1 aromatic carbocycles. The third-order valence-electron chi connectivity index (χ3n) is 3.92. The van der Waals surface area contributed by atoms with Crippen molar-refractivity contribution >= 4 is 17.3 Å². The molecule has 3 rings (SSSR count). The van der Waals surface area contributed by atoms with Crippen LogP contribution in [0, 0.1) is 0 Å². The van der Waals surface area contributed by atoms with Crippen LogP contribution < -0.4 is 0 Å². The van der Waals surface area contributed by atoms with Crippen LogP contribution in [0.5, 0.6) is 0 Å². The highest BCUT2D eigenvalue weighted by molar-refractivity contribution is 6.20. The van der Waals surface area contributed by atoms with Crippen molar-refractivity contribution < 1.29 is 4.84 Å². The van der Waals surface area contributed by atoms with Crippen LogP contribution >= 0.6 is 11.6 Å². The number of halogens is 1. The van der Waals surface area contributed by atoms with Crippen LogP contribution in [-0.2, 0) is 4.84 Å². The zero-order valence-electron chi connectivity index (χ0n) is 10.6. The Kier molecular flexibility index (Phi) is 3.06. The van der Waals surface area contributed by atoms with E-state index < -0.39 is 0 Å². The van der Waals surface area contributed by atoms with E-state index in [9.17, 15) is 0 Å². The second kappa shape index (κ2) is 4.58. The van der Waals surface area contributed by atoms with E-state index in [4.69, 9.17) is 16.4 Å². The van der Waals surface area contributed by atoms with E-state index in [1.54, 1.807) is 0 Å². The number of oxime groups is 1. The molecule has 0 saturated heterocycles. The molecule has 1 saturated carbocycles. The molecule has 1 aliphatic carbocycles. The maximum atomic E-state index is 5.97. The van der Waals surface area contributed by atoms with Gasteiger partial charge in [0.15, 0.2) is 5.60 Å². The van der Waals surface area contributed by atoms with Crippen molar-refractivity contribution in [3.63, 3.8) is 0 Å². The summed E-state index contributed by atoms with van der Waals surface area (Å²) < 4.78 is 0. The van der Waals surface area contributed by atoms with Crippen LogP contribution in [0.1, 0.15) is 44.1 Å². The van der Waals surface area contributed by atoms with E-state index >= 15 is 0 Å². The Labute approximate surface area is 113 Å². The number of benzene rings is 1. The SMILES string of the molecule is CC(Cl)CCC1=NO[C@]2(C1)CC2c1ccccc1. The Morgan fingerprint density at radius 3 is 2.94 bits per heavy atom. The van der Waals surface area contributed by atoms with Crippen LogP contribution in [0.15, 0.2) is 35.5 Å². The van der Waals surface area contributed by atoms with Gasteiger partial charge in [0, 0.05) is 24.1 Å². The molecule has 1 aliphatic heterocycles. The van der Waals surface area contributed by atoms with Gasteiger partial charge in [-0.05, 0) is 25.3 Å². The standard InChI is InChI=1S/C15H18ClNO/c1-11(16)7-8-13-9-15(18-17-13)10-14(15)12-5-3-2-4-6-12/h2-6,11,14H,7-10H2,1H3/t11?,14?,15-/m1/s1. The zero-order chi connectivity index (χ0) is 12.6. The van der Waals surface area contributed by atoms with E-state index in [0.29, 0.717) is 5.92 Å². The van der Waals surface area contributed by atoms with Gasteiger partial charge in [0.2, 0.25) is 0 Å². The minimum Gasteiger partial charge on any atom is -0.388 e. The smallest absolute Gasteiger partial charge is 0.150 e. The monoisotopic (exact) mass is 263 g/mol.